The predicted molar refractivity (Wildman–Crippen MR) is 69.7 cm³/mol. The molecule has 0 saturated carbocycles. The van der Waals surface area contributed by atoms with E-state index in [1.54, 1.807) is 0 Å². The van der Waals surface area contributed by atoms with Crippen molar-refractivity contribution in [2.45, 2.75) is 44.7 Å². The summed E-state index contributed by atoms with van der Waals surface area (Å²) in [6.45, 7) is 1.82. The van der Waals surface area contributed by atoms with E-state index in [1.807, 2.05) is 6.92 Å². The number of nitrogens with one attached hydrogen (secondary N) is 2. The molecule has 2 atom stereocenters. The van der Waals surface area contributed by atoms with Gasteiger partial charge in [0.15, 0.2) is 9.84 Å². The van der Waals surface area contributed by atoms with E-state index in [4.69, 9.17) is 5.11 Å². The number of amides is 2. The molecule has 0 radical (unpaired) electrons. The molecule has 0 aliphatic carbocycles. The van der Waals surface area contributed by atoms with Crippen LogP contribution in [0.3, 0.4) is 0 Å². The van der Waals surface area contributed by atoms with Crippen molar-refractivity contribution in [1.82, 2.24) is 10.6 Å². The number of hydrogen-bond donors (Lipinski definition) is 3. The average Bonchev–Trinajstić information content (AvgIpc) is 2.26. The quantitative estimate of drug-likeness (QED) is 0.666. The van der Waals surface area contributed by atoms with Crippen molar-refractivity contribution in [1.29, 1.82) is 0 Å². The number of rotatable bonds is 5. The minimum atomic E-state index is -3.09. The molecule has 1 heterocycles. The predicted octanol–water partition coefficient (Wildman–Crippen LogP) is 0.116. The summed E-state index contributed by atoms with van der Waals surface area (Å²) in [5.41, 5.74) is 0. The SMILES string of the molecule is CCC[C@@H](NC(=O)NC1CCCS(=O)(=O)C1)C(=O)O. The molecule has 1 unspecified atom stereocenters. The summed E-state index contributed by atoms with van der Waals surface area (Å²) >= 11 is 0. The van der Waals surface area contributed by atoms with Crippen LogP contribution >= 0.6 is 0 Å². The molecule has 1 saturated heterocycles. The molecule has 0 aromatic carbocycles. The highest BCUT2D eigenvalue weighted by molar-refractivity contribution is 7.91. The standard InChI is InChI=1S/C11H20N2O5S/c1-2-4-9(10(14)15)13-11(16)12-8-5-3-6-19(17,18)7-8/h8-9H,2-7H2,1H3,(H,14,15)(H2,12,13,16)/t8?,9-/m1/s1. The highest BCUT2D eigenvalue weighted by Gasteiger charge is 2.27. The lowest BCUT2D eigenvalue weighted by Crippen LogP contribution is -2.51. The first-order valence-corrected chi connectivity index (χ1v) is 8.16. The van der Waals surface area contributed by atoms with Gasteiger partial charge in [-0.3, -0.25) is 0 Å². The maximum absolute atomic E-state index is 11.6. The molecule has 0 aromatic rings. The van der Waals surface area contributed by atoms with Gasteiger partial charge in [-0.05, 0) is 19.3 Å². The molecule has 2 amide bonds. The molecule has 3 N–H and O–H groups in total. The van der Waals surface area contributed by atoms with Crippen LogP contribution in [0, 0.1) is 0 Å². The number of carboxylic acids is 1. The van der Waals surface area contributed by atoms with Crippen molar-refractivity contribution in [3.8, 4) is 0 Å². The fourth-order valence-corrected chi connectivity index (χ4v) is 3.70. The van der Waals surface area contributed by atoms with E-state index in [-0.39, 0.29) is 11.5 Å². The zero-order valence-corrected chi connectivity index (χ0v) is 11.7. The second-order valence-corrected chi connectivity index (χ2v) is 6.98. The Labute approximate surface area is 112 Å². The first-order valence-electron chi connectivity index (χ1n) is 6.34. The van der Waals surface area contributed by atoms with Crippen molar-refractivity contribution >= 4 is 21.8 Å². The maximum atomic E-state index is 11.6. The zero-order valence-electron chi connectivity index (χ0n) is 10.9. The van der Waals surface area contributed by atoms with Gasteiger partial charge in [0.05, 0.1) is 11.5 Å². The smallest absolute Gasteiger partial charge is 0.326 e. The van der Waals surface area contributed by atoms with E-state index >= 15 is 0 Å². The van der Waals surface area contributed by atoms with Gasteiger partial charge in [0.2, 0.25) is 0 Å². The largest absolute Gasteiger partial charge is 0.480 e. The Bertz CT molecular complexity index is 434. The van der Waals surface area contributed by atoms with Gasteiger partial charge < -0.3 is 15.7 Å². The zero-order chi connectivity index (χ0) is 14.5. The van der Waals surface area contributed by atoms with Gasteiger partial charge in [0.1, 0.15) is 6.04 Å². The van der Waals surface area contributed by atoms with Crippen LogP contribution < -0.4 is 10.6 Å². The molecule has 19 heavy (non-hydrogen) atoms. The fraction of sp³-hybridized carbons (Fsp3) is 0.818. The highest BCUT2D eigenvalue weighted by Crippen LogP contribution is 2.11. The van der Waals surface area contributed by atoms with E-state index in [9.17, 15) is 18.0 Å². The molecule has 1 rings (SSSR count). The van der Waals surface area contributed by atoms with Gasteiger partial charge in [0, 0.05) is 6.04 Å². The van der Waals surface area contributed by atoms with Crippen molar-refractivity contribution in [2.24, 2.45) is 0 Å². The monoisotopic (exact) mass is 292 g/mol. The number of carbonyl (C=O) groups excluding carboxylic acids is 1. The summed E-state index contributed by atoms with van der Waals surface area (Å²) in [6.07, 6.45) is 2.09. The third kappa shape index (κ3) is 5.46. The van der Waals surface area contributed by atoms with Crippen LogP contribution in [-0.2, 0) is 14.6 Å². The Morgan fingerprint density at radius 1 is 1.42 bits per heavy atom. The number of urea groups is 1. The molecule has 0 spiro atoms. The first kappa shape index (κ1) is 15.7. The molecule has 1 aliphatic rings. The summed E-state index contributed by atoms with van der Waals surface area (Å²) in [5, 5.41) is 13.8. The van der Waals surface area contributed by atoms with Gasteiger partial charge in [-0.25, -0.2) is 18.0 Å². The topological polar surface area (TPSA) is 113 Å². The second kappa shape index (κ2) is 6.74. The van der Waals surface area contributed by atoms with Crippen LogP contribution in [0.4, 0.5) is 4.79 Å². The van der Waals surface area contributed by atoms with Gasteiger partial charge in [-0.1, -0.05) is 13.3 Å². The van der Waals surface area contributed by atoms with E-state index in [2.05, 4.69) is 10.6 Å². The second-order valence-electron chi connectivity index (χ2n) is 4.75. The lowest BCUT2D eigenvalue weighted by atomic mass is 10.1. The highest BCUT2D eigenvalue weighted by atomic mass is 32.2. The van der Waals surface area contributed by atoms with Crippen LogP contribution in [0.2, 0.25) is 0 Å². The first-order chi connectivity index (χ1) is 8.84. The Kier molecular flexibility index (Phi) is 5.59. The van der Waals surface area contributed by atoms with Gasteiger partial charge in [0.25, 0.3) is 0 Å². The summed E-state index contributed by atoms with van der Waals surface area (Å²) in [7, 11) is -3.09. The maximum Gasteiger partial charge on any atom is 0.326 e. The lowest BCUT2D eigenvalue weighted by Gasteiger charge is -2.24. The minimum Gasteiger partial charge on any atom is -0.480 e. The number of carbonyl (C=O) groups is 2. The van der Waals surface area contributed by atoms with E-state index < -0.39 is 33.9 Å². The van der Waals surface area contributed by atoms with Crippen LogP contribution in [0.5, 0.6) is 0 Å². The molecule has 0 aromatic heterocycles. The summed E-state index contributed by atoms with van der Waals surface area (Å²) in [4.78, 5) is 22.5. The van der Waals surface area contributed by atoms with Crippen molar-refractivity contribution < 1.29 is 23.1 Å². The van der Waals surface area contributed by atoms with E-state index in [1.165, 1.54) is 0 Å². The Morgan fingerprint density at radius 3 is 2.63 bits per heavy atom. The molecule has 110 valence electrons. The Morgan fingerprint density at radius 2 is 2.11 bits per heavy atom. The van der Waals surface area contributed by atoms with Crippen molar-refractivity contribution in [2.75, 3.05) is 11.5 Å². The minimum absolute atomic E-state index is 0.0774. The summed E-state index contributed by atoms with van der Waals surface area (Å²) in [6, 6.07) is -2.00. The van der Waals surface area contributed by atoms with Crippen molar-refractivity contribution in [3.05, 3.63) is 0 Å². The third-order valence-electron chi connectivity index (χ3n) is 2.98. The average molecular weight is 292 g/mol. The molecular weight excluding hydrogens is 272 g/mol. The van der Waals surface area contributed by atoms with Gasteiger partial charge in [-0.15, -0.1) is 0 Å². The van der Waals surface area contributed by atoms with Gasteiger partial charge in [-0.2, -0.15) is 0 Å². The molecule has 1 aliphatic heterocycles. The molecule has 1 fully saturated rings. The normalized spacial score (nSPS) is 23.3. The summed E-state index contributed by atoms with van der Waals surface area (Å²) < 4.78 is 22.8. The van der Waals surface area contributed by atoms with Crippen LogP contribution in [0.15, 0.2) is 0 Å². The van der Waals surface area contributed by atoms with E-state index in [0.717, 1.165) is 0 Å². The van der Waals surface area contributed by atoms with Crippen LogP contribution in [-0.4, -0.2) is 49.1 Å². The third-order valence-corrected chi connectivity index (χ3v) is 4.80. The number of hydrogen-bond acceptors (Lipinski definition) is 4. The molecule has 8 heteroatoms. The Hall–Kier alpha value is -1.31. The fourth-order valence-electron chi connectivity index (χ4n) is 2.07. The van der Waals surface area contributed by atoms with Crippen molar-refractivity contribution in [3.63, 3.8) is 0 Å². The van der Waals surface area contributed by atoms with E-state index in [0.29, 0.717) is 25.7 Å². The number of carboxylic acid groups (broad SMARTS) is 1. The molecule has 7 nitrogen and oxygen atoms in total. The number of sulfone groups is 1. The lowest BCUT2D eigenvalue weighted by molar-refractivity contribution is -0.139. The Balaban J connectivity index is 2.48. The van der Waals surface area contributed by atoms with Gasteiger partial charge >= 0.3 is 12.0 Å². The summed E-state index contributed by atoms with van der Waals surface area (Å²) in [5.74, 6) is -1.01. The van der Waals surface area contributed by atoms with Crippen LogP contribution in [0.1, 0.15) is 32.6 Å². The molecular formula is C11H20N2O5S. The van der Waals surface area contributed by atoms with Crippen LogP contribution in [0.25, 0.3) is 0 Å². The molecule has 0 bridgehead atoms. The number of aliphatic carboxylic acids is 1.